The van der Waals surface area contributed by atoms with Gasteiger partial charge in [-0.2, -0.15) is 0 Å². The van der Waals surface area contributed by atoms with Gasteiger partial charge in [0.1, 0.15) is 23.1 Å². The van der Waals surface area contributed by atoms with Crippen molar-refractivity contribution in [3.8, 4) is 23.0 Å². The second kappa shape index (κ2) is 11.9. The van der Waals surface area contributed by atoms with E-state index in [1.165, 1.54) is 26.0 Å². The number of carboxylic acids is 1. The molecule has 0 aromatic heterocycles. The highest BCUT2D eigenvalue weighted by molar-refractivity contribution is 5.76. The SMILES string of the molecule is COc1cc2c(cc1OC)C(c1ccc(F)cc1F)N(CCCOc1ccc(OC(C)(C)C(=O)O)cc1)CC2. The van der Waals surface area contributed by atoms with Gasteiger partial charge in [0.2, 0.25) is 0 Å². The highest BCUT2D eigenvalue weighted by atomic mass is 19.1. The van der Waals surface area contributed by atoms with Crippen LogP contribution in [0, 0.1) is 11.6 Å². The van der Waals surface area contributed by atoms with Gasteiger partial charge in [0, 0.05) is 24.7 Å². The second-order valence-corrected chi connectivity index (χ2v) is 9.85. The fourth-order valence-electron chi connectivity index (χ4n) is 4.73. The molecular weight excluding hydrogens is 508 g/mol. The number of fused-ring (bicyclic) bond motifs is 1. The summed E-state index contributed by atoms with van der Waals surface area (Å²) in [5.74, 6) is -0.0674. The van der Waals surface area contributed by atoms with Crippen LogP contribution in [0.1, 0.15) is 43.0 Å². The molecule has 4 rings (SSSR count). The zero-order valence-corrected chi connectivity index (χ0v) is 22.5. The Bertz CT molecular complexity index is 1310. The van der Waals surface area contributed by atoms with Crippen molar-refractivity contribution in [2.75, 3.05) is 33.9 Å². The molecule has 0 bridgehead atoms. The molecule has 208 valence electrons. The van der Waals surface area contributed by atoms with Gasteiger partial charge >= 0.3 is 5.97 Å². The molecule has 1 N–H and O–H groups in total. The fourth-order valence-corrected chi connectivity index (χ4v) is 4.73. The lowest BCUT2D eigenvalue weighted by Gasteiger charge is -2.38. The quantitative estimate of drug-likeness (QED) is 0.315. The zero-order chi connectivity index (χ0) is 28.2. The third-order valence-electron chi connectivity index (χ3n) is 6.80. The Morgan fingerprint density at radius 3 is 2.28 bits per heavy atom. The minimum Gasteiger partial charge on any atom is -0.494 e. The topological polar surface area (TPSA) is 77.5 Å². The van der Waals surface area contributed by atoms with Crippen LogP contribution in [0.2, 0.25) is 0 Å². The van der Waals surface area contributed by atoms with Crippen LogP contribution in [-0.4, -0.2) is 55.5 Å². The number of rotatable bonds is 11. The third-order valence-corrected chi connectivity index (χ3v) is 6.80. The molecule has 1 aliphatic rings. The monoisotopic (exact) mass is 541 g/mol. The predicted octanol–water partition coefficient (Wildman–Crippen LogP) is 5.64. The normalized spacial score (nSPS) is 15.4. The maximum absolute atomic E-state index is 15.0. The van der Waals surface area contributed by atoms with Crippen LogP contribution in [0.4, 0.5) is 8.78 Å². The fraction of sp³-hybridized carbons (Fsp3) is 0.367. The van der Waals surface area contributed by atoms with Crippen molar-refractivity contribution in [1.29, 1.82) is 0 Å². The highest BCUT2D eigenvalue weighted by Crippen LogP contribution is 2.41. The van der Waals surface area contributed by atoms with Crippen LogP contribution in [0.25, 0.3) is 0 Å². The summed E-state index contributed by atoms with van der Waals surface area (Å²) in [6, 6.07) is 13.8. The van der Waals surface area contributed by atoms with E-state index >= 15 is 4.39 Å². The summed E-state index contributed by atoms with van der Waals surface area (Å²) in [6.07, 6.45) is 1.40. The number of aliphatic carboxylic acids is 1. The number of carboxylic acid groups (broad SMARTS) is 1. The molecule has 0 aliphatic carbocycles. The van der Waals surface area contributed by atoms with Crippen LogP contribution in [-0.2, 0) is 11.2 Å². The van der Waals surface area contributed by atoms with Crippen molar-refractivity contribution in [1.82, 2.24) is 4.90 Å². The summed E-state index contributed by atoms with van der Waals surface area (Å²) in [5.41, 5.74) is 0.975. The Kier molecular flexibility index (Phi) is 8.60. The molecule has 3 aromatic rings. The lowest BCUT2D eigenvalue weighted by Crippen LogP contribution is -2.38. The molecule has 0 fully saturated rings. The first kappa shape index (κ1) is 28.2. The molecule has 1 aliphatic heterocycles. The molecule has 39 heavy (non-hydrogen) atoms. The molecule has 7 nitrogen and oxygen atoms in total. The summed E-state index contributed by atoms with van der Waals surface area (Å²) in [7, 11) is 3.13. The maximum atomic E-state index is 15.0. The summed E-state index contributed by atoms with van der Waals surface area (Å²) in [5, 5.41) is 9.23. The summed E-state index contributed by atoms with van der Waals surface area (Å²) >= 11 is 0. The molecule has 0 spiro atoms. The van der Waals surface area contributed by atoms with Gasteiger partial charge in [-0.25, -0.2) is 13.6 Å². The summed E-state index contributed by atoms with van der Waals surface area (Å²) < 4.78 is 51.1. The van der Waals surface area contributed by atoms with Gasteiger partial charge in [-0.3, -0.25) is 4.90 Å². The smallest absolute Gasteiger partial charge is 0.347 e. The number of carbonyl (C=O) groups is 1. The first-order valence-corrected chi connectivity index (χ1v) is 12.7. The van der Waals surface area contributed by atoms with Crippen molar-refractivity contribution in [2.24, 2.45) is 0 Å². The van der Waals surface area contributed by atoms with Crippen molar-refractivity contribution in [2.45, 2.75) is 38.3 Å². The molecule has 0 saturated carbocycles. The molecular formula is C30H33F2NO6. The molecule has 0 amide bonds. The molecule has 1 unspecified atom stereocenters. The van der Waals surface area contributed by atoms with Gasteiger partial charge in [-0.15, -0.1) is 0 Å². The second-order valence-electron chi connectivity index (χ2n) is 9.85. The lowest BCUT2D eigenvalue weighted by molar-refractivity contribution is -0.152. The Morgan fingerprint density at radius 2 is 1.64 bits per heavy atom. The molecule has 0 saturated heterocycles. The van der Waals surface area contributed by atoms with Crippen LogP contribution >= 0.6 is 0 Å². The van der Waals surface area contributed by atoms with Gasteiger partial charge in [0.05, 0.1) is 26.9 Å². The summed E-state index contributed by atoms with van der Waals surface area (Å²) in [6.45, 7) is 4.67. The Labute approximate surface area is 226 Å². The molecule has 1 atom stereocenters. The number of ether oxygens (including phenoxy) is 4. The van der Waals surface area contributed by atoms with Crippen LogP contribution in [0.15, 0.2) is 54.6 Å². The van der Waals surface area contributed by atoms with E-state index in [-0.39, 0.29) is 0 Å². The van der Waals surface area contributed by atoms with Crippen LogP contribution in [0.5, 0.6) is 23.0 Å². The lowest BCUT2D eigenvalue weighted by atomic mass is 9.87. The Morgan fingerprint density at radius 1 is 0.974 bits per heavy atom. The zero-order valence-electron chi connectivity index (χ0n) is 22.5. The number of methoxy groups -OCH3 is 2. The Balaban J connectivity index is 1.47. The van der Waals surface area contributed by atoms with Crippen molar-refractivity contribution in [3.63, 3.8) is 0 Å². The Hall–Kier alpha value is -3.85. The maximum Gasteiger partial charge on any atom is 0.347 e. The van der Waals surface area contributed by atoms with Crippen LogP contribution in [0.3, 0.4) is 0 Å². The van der Waals surface area contributed by atoms with E-state index in [9.17, 15) is 14.3 Å². The van der Waals surface area contributed by atoms with Gasteiger partial charge < -0.3 is 24.1 Å². The predicted molar refractivity (Wildman–Crippen MR) is 142 cm³/mol. The molecule has 3 aromatic carbocycles. The molecule has 0 radical (unpaired) electrons. The average Bonchev–Trinajstić information content (AvgIpc) is 2.91. The van der Waals surface area contributed by atoms with Crippen LogP contribution < -0.4 is 18.9 Å². The standard InChI is InChI=1S/C30H33F2NO6/c1-30(2,29(34)35)39-22-9-7-21(8-10-22)38-15-5-13-33-14-12-19-16-26(36-3)27(37-4)18-24(19)28(33)23-11-6-20(31)17-25(23)32/h6-11,16-18,28H,5,12-15H2,1-4H3,(H,34,35). The van der Waals surface area contributed by atoms with Crippen molar-refractivity contribution >= 4 is 5.97 Å². The number of halogens is 2. The van der Waals surface area contributed by atoms with Gasteiger partial charge in [0.25, 0.3) is 0 Å². The van der Waals surface area contributed by atoms with E-state index < -0.39 is 29.2 Å². The van der Waals surface area contributed by atoms with Gasteiger partial charge in [-0.1, -0.05) is 6.07 Å². The van der Waals surface area contributed by atoms with E-state index in [0.29, 0.717) is 54.7 Å². The van der Waals surface area contributed by atoms with Crippen molar-refractivity contribution < 1.29 is 37.6 Å². The number of hydrogen-bond acceptors (Lipinski definition) is 6. The largest absolute Gasteiger partial charge is 0.494 e. The number of hydrogen-bond donors (Lipinski definition) is 1. The first-order chi connectivity index (χ1) is 18.6. The number of nitrogens with zero attached hydrogens (tertiary/aromatic N) is 1. The average molecular weight is 542 g/mol. The highest BCUT2D eigenvalue weighted by Gasteiger charge is 2.32. The van der Waals surface area contributed by atoms with E-state index in [4.69, 9.17) is 18.9 Å². The van der Waals surface area contributed by atoms with E-state index in [1.54, 1.807) is 38.5 Å². The van der Waals surface area contributed by atoms with E-state index in [1.807, 2.05) is 12.1 Å². The molecule has 9 heteroatoms. The minimum absolute atomic E-state index is 0.394. The van der Waals surface area contributed by atoms with Crippen molar-refractivity contribution in [3.05, 3.63) is 82.9 Å². The minimum atomic E-state index is -1.34. The van der Waals surface area contributed by atoms with Gasteiger partial charge in [-0.05, 0) is 80.3 Å². The first-order valence-electron chi connectivity index (χ1n) is 12.7. The molecule has 1 heterocycles. The van der Waals surface area contributed by atoms with E-state index in [0.717, 1.165) is 23.6 Å². The van der Waals surface area contributed by atoms with Gasteiger partial charge in [0.15, 0.2) is 17.1 Å². The number of benzene rings is 3. The summed E-state index contributed by atoms with van der Waals surface area (Å²) in [4.78, 5) is 13.4. The van der Waals surface area contributed by atoms with E-state index in [2.05, 4.69) is 4.90 Å². The third kappa shape index (κ3) is 6.42.